The van der Waals surface area contributed by atoms with E-state index in [2.05, 4.69) is 31.2 Å². The maximum absolute atomic E-state index is 12.5. The van der Waals surface area contributed by atoms with Crippen molar-refractivity contribution in [2.75, 3.05) is 0 Å². The molecule has 0 unspecified atom stereocenters. The molecule has 0 spiro atoms. The average molecular weight is 228 g/mol. The van der Waals surface area contributed by atoms with Crippen LogP contribution < -0.4 is 0 Å². The molecule has 0 radical (unpaired) electrons. The molecule has 0 N–H and O–H groups in total. The minimum Gasteiger partial charge on any atom is -0.298 e. The molecule has 17 heavy (non-hydrogen) atoms. The zero-order valence-electron chi connectivity index (χ0n) is 10.5. The highest BCUT2D eigenvalue weighted by atomic mass is 16.1. The maximum atomic E-state index is 12.5. The molecule has 0 heterocycles. The number of carbonyl (C=O) groups excluding carboxylic acids is 1. The second-order valence-corrected chi connectivity index (χ2v) is 5.55. The van der Waals surface area contributed by atoms with E-state index in [0.717, 1.165) is 12.8 Å². The summed E-state index contributed by atoms with van der Waals surface area (Å²) in [5.74, 6) is 1.52. The molecule has 1 aromatic rings. The van der Waals surface area contributed by atoms with Gasteiger partial charge in [0.1, 0.15) is 5.78 Å². The van der Waals surface area contributed by atoms with Gasteiger partial charge in [-0.05, 0) is 30.7 Å². The van der Waals surface area contributed by atoms with Crippen molar-refractivity contribution in [2.24, 2.45) is 11.8 Å². The molecule has 2 aliphatic carbocycles. The van der Waals surface area contributed by atoms with Crippen LogP contribution in [0.25, 0.3) is 0 Å². The molecule has 0 bridgehead atoms. The molecule has 2 aliphatic rings. The third-order valence-corrected chi connectivity index (χ3v) is 5.02. The van der Waals surface area contributed by atoms with Crippen molar-refractivity contribution in [1.29, 1.82) is 0 Å². The van der Waals surface area contributed by atoms with Gasteiger partial charge in [0.25, 0.3) is 0 Å². The van der Waals surface area contributed by atoms with E-state index in [-0.39, 0.29) is 5.41 Å². The molecule has 0 aliphatic heterocycles. The van der Waals surface area contributed by atoms with E-state index in [1.807, 2.05) is 6.07 Å². The van der Waals surface area contributed by atoms with Crippen LogP contribution in [0.4, 0.5) is 0 Å². The van der Waals surface area contributed by atoms with Crippen molar-refractivity contribution < 1.29 is 4.79 Å². The number of benzene rings is 1. The Balaban J connectivity index is 2.01. The highest BCUT2D eigenvalue weighted by molar-refractivity contribution is 5.99. The van der Waals surface area contributed by atoms with Gasteiger partial charge in [0, 0.05) is 5.92 Å². The van der Waals surface area contributed by atoms with E-state index in [1.54, 1.807) is 0 Å². The summed E-state index contributed by atoms with van der Waals surface area (Å²) in [4.78, 5) is 12.5. The molecule has 3 atom stereocenters. The summed E-state index contributed by atoms with van der Waals surface area (Å²) < 4.78 is 0. The van der Waals surface area contributed by atoms with Crippen LogP contribution in [0, 0.1) is 11.8 Å². The summed E-state index contributed by atoms with van der Waals surface area (Å²) in [6.07, 6.45) is 5.92. The topological polar surface area (TPSA) is 17.1 Å². The van der Waals surface area contributed by atoms with Gasteiger partial charge in [0.05, 0.1) is 5.41 Å². The molecule has 0 saturated heterocycles. The molecule has 1 aromatic carbocycles. The first kappa shape index (κ1) is 11.0. The van der Waals surface area contributed by atoms with E-state index in [9.17, 15) is 4.79 Å². The van der Waals surface area contributed by atoms with E-state index in [4.69, 9.17) is 0 Å². The number of hydrogen-bond acceptors (Lipinski definition) is 1. The zero-order chi connectivity index (χ0) is 11.9. The first-order chi connectivity index (χ1) is 8.30. The minimum atomic E-state index is -0.133. The number of rotatable bonds is 2. The lowest BCUT2D eigenvalue weighted by Gasteiger charge is -2.56. The summed E-state index contributed by atoms with van der Waals surface area (Å²) in [5.41, 5.74) is 1.13. The first-order valence-electron chi connectivity index (χ1n) is 6.90. The lowest BCUT2D eigenvalue weighted by molar-refractivity contribution is -0.151. The average Bonchev–Trinajstić information content (AvgIpc) is 2.41. The minimum absolute atomic E-state index is 0.133. The number of Topliss-reactive ketones (excluding diaryl/α,β-unsaturated/α-hetero) is 1. The second-order valence-electron chi connectivity index (χ2n) is 5.55. The highest BCUT2D eigenvalue weighted by Gasteiger charge is 2.61. The van der Waals surface area contributed by atoms with Crippen LogP contribution >= 0.6 is 0 Å². The Labute approximate surface area is 103 Å². The number of hydrogen-bond donors (Lipinski definition) is 0. The fraction of sp³-hybridized carbons (Fsp3) is 0.562. The van der Waals surface area contributed by atoms with Crippen molar-refractivity contribution in [3.05, 3.63) is 35.9 Å². The Morgan fingerprint density at radius 3 is 2.59 bits per heavy atom. The Kier molecular flexibility index (Phi) is 2.57. The molecule has 1 nitrogen and oxygen atoms in total. The Bertz CT molecular complexity index is 422. The number of carbonyl (C=O) groups is 1. The van der Waals surface area contributed by atoms with E-state index in [1.165, 1.54) is 24.8 Å². The lowest BCUT2D eigenvalue weighted by Crippen LogP contribution is -2.61. The quantitative estimate of drug-likeness (QED) is 0.754. The van der Waals surface area contributed by atoms with Crippen LogP contribution in [0.1, 0.15) is 44.6 Å². The molecule has 0 aromatic heterocycles. The molecule has 2 fully saturated rings. The summed E-state index contributed by atoms with van der Waals surface area (Å²) in [6, 6.07) is 10.5. The smallest absolute Gasteiger partial charge is 0.147 e. The van der Waals surface area contributed by atoms with Gasteiger partial charge < -0.3 is 0 Å². The predicted octanol–water partition coefficient (Wildman–Crippen LogP) is 3.72. The molecular weight excluding hydrogens is 208 g/mol. The Hall–Kier alpha value is -1.11. The van der Waals surface area contributed by atoms with Crippen LogP contribution in [-0.4, -0.2) is 5.78 Å². The van der Waals surface area contributed by atoms with Gasteiger partial charge in [-0.2, -0.15) is 0 Å². The first-order valence-corrected chi connectivity index (χ1v) is 6.90. The second kappa shape index (κ2) is 3.97. The summed E-state index contributed by atoms with van der Waals surface area (Å²) >= 11 is 0. The van der Waals surface area contributed by atoms with E-state index < -0.39 is 0 Å². The third kappa shape index (κ3) is 1.34. The predicted molar refractivity (Wildman–Crippen MR) is 68.9 cm³/mol. The van der Waals surface area contributed by atoms with Crippen LogP contribution in [-0.2, 0) is 10.2 Å². The highest BCUT2D eigenvalue weighted by Crippen LogP contribution is 2.57. The number of fused-ring (bicyclic) bond motifs is 1. The van der Waals surface area contributed by atoms with E-state index >= 15 is 0 Å². The molecule has 1 heteroatoms. The molecule has 2 saturated carbocycles. The summed E-state index contributed by atoms with van der Waals surface area (Å²) in [6.45, 7) is 2.18. The van der Waals surface area contributed by atoms with E-state index in [0.29, 0.717) is 17.6 Å². The maximum Gasteiger partial charge on any atom is 0.147 e. The van der Waals surface area contributed by atoms with Gasteiger partial charge in [0.2, 0.25) is 0 Å². The third-order valence-electron chi connectivity index (χ3n) is 5.02. The summed E-state index contributed by atoms with van der Waals surface area (Å²) in [5, 5.41) is 0. The van der Waals surface area contributed by atoms with Gasteiger partial charge in [0.15, 0.2) is 0 Å². The molecule has 0 amide bonds. The van der Waals surface area contributed by atoms with Gasteiger partial charge in [-0.1, -0.05) is 50.1 Å². The monoisotopic (exact) mass is 228 g/mol. The molecule has 90 valence electrons. The Morgan fingerprint density at radius 2 is 1.88 bits per heavy atom. The fourth-order valence-electron chi connectivity index (χ4n) is 4.18. The Morgan fingerprint density at radius 1 is 1.18 bits per heavy atom. The van der Waals surface area contributed by atoms with Gasteiger partial charge >= 0.3 is 0 Å². The normalized spacial score (nSPS) is 36.2. The largest absolute Gasteiger partial charge is 0.298 e. The van der Waals surface area contributed by atoms with Gasteiger partial charge in [-0.15, -0.1) is 0 Å². The van der Waals surface area contributed by atoms with Crippen molar-refractivity contribution >= 4 is 5.78 Å². The van der Waals surface area contributed by atoms with Crippen LogP contribution in [0.2, 0.25) is 0 Å². The van der Waals surface area contributed by atoms with Gasteiger partial charge in [-0.3, -0.25) is 4.79 Å². The zero-order valence-corrected chi connectivity index (χ0v) is 10.5. The van der Waals surface area contributed by atoms with Crippen molar-refractivity contribution in [1.82, 2.24) is 0 Å². The van der Waals surface area contributed by atoms with Crippen LogP contribution in [0.3, 0.4) is 0 Å². The molecule has 3 rings (SSSR count). The van der Waals surface area contributed by atoms with Crippen molar-refractivity contribution in [2.45, 2.75) is 44.4 Å². The molecular formula is C16H20O. The fourth-order valence-corrected chi connectivity index (χ4v) is 4.18. The van der Waals surface area contributed by atoms with Crippen LogP contribution in [0.15, 0.2) is 30.3 Å². The summed E-state index contributed by atoms with van der Waals surface area (Å²) in [7, 11) is 0. The van der Waals surface area contributed by atoms with Crippen molar-refractivity contribution in [3.8, 4) is 0 Å². The van der Waals surface area contributed by atoms with Gasteiger partial charge in [-0.25, -0.2) is 0 Å². The lowest BCUT2D eigenvalue weighted by atomic mass is 9.45. The number of ketones is 1. The van der Waals surface area contributed by atoms with Crippen molar-refractivity contribution in [3.63, 3.8) is 0 Å². The SMILES string of the molecule is CC[C@]1(c2ccccc2)C(=O)[C@@H]2CCCC[C@@H]21. The van der Waals surface area contributed by atoms with Crippen LogP contribution in [0.5, 0.6) is 0 Å². The standard InChI is InChI=1S/C16H20O/c1-2-16(12-8-4-3-5-9-12)14-11-7-6-10-13(14)15(16)17/h3-5,8-9,13-14H,2,6-7,10-11H2,1H3/t13-,14+,16-/m1/s1.